The minimum absolute atomic E-state index is 0.401. The number of carbonyl (C=O) groups excluding carboxylic acids is 1. The lowest BCUT2D eigenvalue weighted by Crippen LogP contribution is -2.53. The van der Waals surface area contributed by atoms with Crippen LogP contribution in [0.4, 0.5) is 20.2 Å². The Hall–Kier alpha value is -2.67. The summed E-state index contributed by atoms with van der Waals surface area (Å²) in [6.45, 7) is 4.52. The van der Waals surface area contributed by atoms with Gasteiger partial charge in [-0.2, -0.15) is 0 Å². The van der Waals surface area contributed by atoms with E-state index < -0.39 is 29.3 Å². The summed E-state index contributed by atoms with van der Waals surface area (Å²) in [7, 11) is 1.64. The molecule has 0 aliphatic carbocycles. The van der Waals surface area contributed by atoms with Gasteiger partial charge in [-0.25, -0.2) is 8.78 Å². The first kappa shape index (κ1) is 19.1. The van der Waals surface area contributed by atoms with E-state index in [1.165, 1.54) is 6.07 Å². The van der Waals surface area contributed by atoms with Crippen LogP contribution < -0.4 is 15.0 Å². The van der Waals surface area contributed by atoms with Crippen molar-refractivity contribution in [3.63, 3.8) is 0 Å². The molecule has 144 valence electrons. The number of methoxy groups -OCH3 is 1. The number of hydrogen-bond donors (Lipinski definition) is 1. The van der Waals surface area contributed by atoms with Crippen LogP contribution in [0.1, 0.15) is 6.92 Å². The quantitative estimate of drug-likeness (QED) is 0.872. The second-order valence-electron chi connectivity index (χ2n) is 6.46. The highest BCUT2D eigenvalue weighted by molar-refractivity contribution is 5.94. The number of nitrogens with zero attached hydrogens (tertiary/aromatic N) is 2. The lowest BCUT2D eigenvalue weighted by Gasteiger charge is -2.38. The summed E-state index contributed by atoms with van der Waals surface area (Å²) in [4.78, 5) is 16.7. The lowest BCUT2D eigenvalue weighted by atomic mass is 10.2. The zero-order chi connectivity index (χ0) is 19.4. The van der Waals surface area contributed by atoms with Crippen molar-refractivity contribution in [1.82, 2.24) is 4.90 Å². The number of hydrogen-bond acceptors (Lipinski definition) is 4. The molecule has 1 N–H and O–H groups in total. The number of nitrogens with one attached hydrogen (secondary N) is 1. The Bertz CT molecular complexity index is 787. The molecule has 5 nitrogen and oxygen atoms in total. The Kier molecular flexibility index (Phi) is 5.91. The van der Waals surface area contributed by atoms with Gasteiger partial charge in [0.1, 0.15) is 23.1 Å². The molecular formula is C20H23F2N3O2. The van der Waals surface area contributed by atoms with Crippen LogP contribution in [0.5, 0.6) is 5.75 Å². The third kappa shape index (κ3) is 4.19. The molecule has 2 aromatic rings. The van der Waals surface area contributed by atoms with Gasteiger partial charge in [-0.15, -0.1) is 0 Å². The Morgan fingerprint density at radius 1 is 1.04 bits per heavy atom. The highest BCUT2D eigenvalue weighted by atomic mass is 19.1. The van der Waals surface area contributed by atoms with Crippen LogP contribution in [0, 0.1) is 11.6 Å². The molecule has 1 aliphatic rings. The lowest BCUT2D eigenvalue weighted by molar-refractivity contribution is -0.120. The van der Waals surface area contributed by atoms with Crippen molar-refractivity contribution in [2.24, 2.45) is 0 Å². The Morgan fingerprint density at radius 2 is 1.67 bits per heavy atom. The normalized spacial score (nSPS) is 16.1. The zero-order valence-corrected chi connectivity index (χ0v) is 15.4. The van der Waals surface area contributed by atoms with Crippen LogP contribution in [0.2, 0.25) is 0 Å². The molecule has 0 aromatic heterocycles. The average molecular weight is 375 g/mol. The van der Waals surface area contributed by atoms with E-state index in [1.807, 2.05) is 29.2 Å². The molecular weight excluding hydrogens is 352 g/mol. The summed E-state index contributed by atoms with van der Waals surface area (Å²) in [6, 6.07) is 10.8. The van der Waals surface area contributed by atoms with Gasteiger partial charge in [0.2, 0.25) is 5.91 Å². The first-order chi connectivity index (χ1) is 13.0. The topological polar surface area (TPSA) is 44.8 Å². The van der Waals surface area contributed by atoms with E-state index in [9.17, 15) is 13.6 Å². The van der Waals surface area contributed by atoms with Gasteiger partial charge in [0.05, 0.1) is 18.8 Å². The fourth-order valence-corrected chi connectivity index (χ4v) is 3.25. The van der Waals surface area contributed by atoms with Gasteiger partial charge in [-0.3, -0.25) is 9.69 Å². The van der Waals surface area contributed by atoms with Crippen molar-refractivity contribution >= 4 is 17.3 Å². The fourth-order valence-electron chi connectivity index (χ4n) is 3.25. The van der Waals surface area contributed by atoms with Crippen LogP contribution in [0.3, 0.4) is 0 Å². The van der Waals surface area contributed by atoms with Crippen LogP contribution in [0.25, 0.3) is 0 Å². The van der Waals surface area contributed by atoms with Crippen molar-refractivity contribution in [2.75, 3.05) is 43.5 Å². The van der Waals surface area contributed by atoms with E-state index in [-0.39, 0.29) is 0 Å². The number of ether oxygens (including phenoxy) is 1. The molecule has 1 unspecified atom stereocenters. The Morgan fingerprint density at radius 3 is 2.30 bits per heavy atom. The second kappa shape index (κ2) is 8.35. The molecule has 1 aliphatic heterocycles. The minimum atomic E-state index is -0.781. The molecule has 1 saturated heterocycles. The monoisotopic (exact) mass is 375 g/mol. The SMILES string of the molecule is COc1ccccc1N1CCN(C(C)C(=O)Nc2c(F)cccc2F)CC1. The van der Waals surface area contributed by atoms with Crippen LogP contribution in [-0.2, 0) is 4.79 Å². The van der Waals surface area contributed by atoms with Gasteiger partial charge in [0, 0.05) is 26.2 Å². The maximum atomic E-state index is 13.7. The van der Waals surface area contributed by atoms with E-state index >= 15 is 0 Å². The molecule has 0 bridgehead atoms. The van der Waals surface area contributed by atoms with E-state index in [2.05, 4.69) is 10.2 Å². The number of halogens is 2. The molecule has 0 spiro atoms. The zero-order valence-electron chi connectivity index (χ0n) is 15.4. The number of amides is 1. The number of rotatable bonds is 5. The van der Waals surface area contributed by atoms with Crippen molar-refractivity contribution < 1.29 is 18.3 Å². The standard InChI is InChI=1S/C20H23F2N3O2/c1-14(20(26)23-19-15(21)6-5-7-16(19)22)24-10-12-25(13-11-24)17-8-3-4-9-18(17)27-2/h3-9,14H,10-13H2,1-2H3,(H,23,26). The van der Waals surface area contributed by atoms with E-state index in [0.717, 1.165) is 36.7 Å². The third-order valence-electron chi connectivity index (χ3n) is 4.88. The highest BCUT2D eigenvalue weighted by Gasteiger charge is 2.27. The second-order valence-corrected chi connectivity index (χ2v) is 6.46. The first-order valence-electron chi connectivity index (χ1n) is 8.88. The number of carbonyl (C=O) groups is 1. The molecule has 1 amide bonds. The van der Waals surface area contributed by atoms with Crippen LogP contribution >= 0.6 is 0 Å². The molecule has 1 fully saturated rings. The van der Waals surface area contributed by atoms with Crippen molar-refractivity contribution in [2.45, 2.75) is 13.0 Å². The molecule has 2 aromatic carbocycles. The van der Waals surface area contributed by atoms with Gasteiger partial charge in [-0.1, -0.05) is 18.2 Å². The molecule has 1 heterocycles. The molecule has 3 rings (SSSR count). The summed E-state index contributed by atoms with van der Waals surface area (Å²) in [5.74, 6) is -1.18. The van der Waals surface area contributed by atoms with Crippen LogP contribution in [-0.4, -0.2) is 50.1 Å². The molecule has 0 radical (unpaired) electrons. The average Bonchev–Trinajstić information content (AvgIpc) is 2.70. The molecule has 0 saturated carbocycles. The van der Waals surface area contributed by atoms with E-state index in [4.69, 9.17) is 4.74 Å². The maximum absolute atomic E-state index is 13.7. The number of piperazine rings is 1. The molecule has 7 heteroatoms. The van der Waals surface area contributed by atoms with E-state index in [0.29, 0.717) is 13.1 Å². The number of para-hydroxylation sites is 3. The van der Waals surface area contributed by atoms with Gasteiger partial charge < -0.3 is 15.0 Å². The van der Waals surface area contributed by atoms with Gasteiger partial charge >= 0.3 is 0 Å². The first-order valence-corrected chi connectivity index (χ1v) is 8.88. The summed E-state index contributed by atoms with van der Waals surface area (Å²) in [5.41, 5.74) is 0.618. The third-order valence-corrected chi connectivity index (χ3v) is 4.88. The summed E-state index contributed by atoms with van der Waals surface area (Å²) in [6.07, 6.45) is 0. The predicted molar refractivity (Wildman–Crippen MR) is 101 cm³/mol. The number of anilines is 2. The largest absolute Gasteiger partial charge is 0.495 e. The van der Waals surface area contributed by atoms with Crippen molar-refractivity contribution in [3.05, 3.63) is 54.1 Å². The summed E-state index contributed by atoms with van der Waals surface area (Å²) < 4.78 is 32.9. The van der Waals surface area contributed by atoms with Crippen molar-refractivity contribution in [3.8, 4) is 5.75 Å². The van der Waals surface area contributed by atoms with Gasteiger partial charge in [0.25, 0.3) is 0 Å². The summed E-state index contributed by atoms with van der Waals surface area (Å²) in [5, 5.41) is 2.37. The van der Waals surface area contributed by atoms with Gasteiger partial charge in [0.15, 0.2) is 0 Å². The maximum Gasteiger partial charge on any atom is 0.241 e. The smallest absolute Gasteiger partial charge is 0.241 e. The predicted octanol–water partition coefficient (Wildman–Crippen LogP) is 3.12. The van der Waals surface area contributed by atoms with E-state index in [1.54, 1.807) is 14.0 Å². The fraction of sp³-hybridized carbons (Fsp3) is 0.350. The molecule has 1 atom stereocenters. The van der Waals surface area contributed by atoms with Gasteiger partial charge in [-0.05, 0) is 31.2 Å². The number of benzene rings is 2. The Balaban J connectivity index is 1.61. The Labute approximate surface area is 157 Å². The molecule has 27 heavy (non-hydrogen) atoms. The highest BCUT2D eigenvalue weighted by Crippen LogP contribution is 2.28. The van der Waals surface area contributed by atoms with Crippen LogP contribution in [0.15, 0.2) is 42.5 Å². The summed E-state index contributed by atoms with van der Waals surface area (Å²) >= 11 is 0. The minimum Gasteiger partial charge on any atom is -0.495 e. The van der Waals surface area contributed by atoms with Crippen molar-refractivity contribution in [1.29, 1.82) is 0 Å².